The van der Waals surface area contributed by atoms with Crippen LogP contribution in [0.3, 0.4) is 0 Å². The molecular formula is C14H16N2O3S. The molecule has 1 amide bonds. The molecule has 0 unspecified atom stereocenters. The predicted molar refractivity (Wildman–Crippen MR) is 78.9 cm³/mol. The first-order valence-corrected chi connectivity index (χ1v) is 7.09. The fourth-order valence-electron chi connectivity index (χ4n) is 2.15. The van der Waals surface area contributed by atoms with Crippen LogP contribution in [-0.4, -0.2) is 35.0 Å². The first-order valence-electron chi connectivity index (χ1n) is 6.27. The van der Waals surface area contributed by atoms with Crippen molar-refractivity contribution in [3.63, 3.8) is 0 Å². The number of hydrogen-bond acceptors (Lipinski definition) is 4. The molecule has 0 spiro atoms. The zero-order valence-corrected chi connectivity index (χ0v) is 11.9. The van der Waals surface area contributed by atoms with Gasteiger partial charge in [0.15, 0.2) is 0 Å². The fraction of sp³-hybridized carbons (Fsp3) is 0.286. The van der Waals surface area contributed by atoms with Gasteiger partial charge in [0.2, 0.25) is 5.91 Å². The minimum Gasteiger partial charge on any atom is -0.477 e. The van der Waals surface area contributed by atoms with Crippen molar-refractivity contribution in [2.75, 3.05) is 13.1 Å². The van der Waals surface area contributed by atoms with Crippen molar-refractivity contribution in [3.8, 4) is 0 Å². The van der Waals surface area contributed by atoms with E-state index in [0.717, 1.165) is 15.6 Å². The average Bonchev–Trinajstić information content (AvgIpc) is 2.76. The van der Waals surface area contributed by atoms with Gasteiger partial charge in [0.1, 0.15) is 4.88 Å². The normalized spacial score (nSPS) is 11.1. The molecule has 6 heteroatoms. The zero-order valence-electron chi connectivity index (χ0n) is 11.1. The van der Waals surface area contributed by atoms with Gasteiger partial charge in [-0.1, -0.05) is 25.1 Å². The molecule has 1 aromatic carbocycles. The van der Waals surface area contributed by atoms with Gasteiger partial charge in [0, 0.05) is 11.2 Å². The van der Waals surface area contributed by atoms with Crippen LogP contribution in [0.4, 0.5) is 0 Å². The maximum absolute atomic E-state index is 11.4. The molecule has 106 valence electrons. The summed E-state index contributed by atoms with van der Waals surface area (Å²) in [4.78, 5) is 24.6. The Morgan fingerprint density at radius 2 is 2.05 bits per heavy atom. The van der Waals surface area contributed by atoms with Gasteiger partial charge in [0.25, 0.3) is 0 Å². The topological polar surface area (TPSA) is 83.6 Å². The molecule has 0 bridgehead atoms. The van der Waals surface area contributed by atoms with Crippen LogP contribution >= 0.6 is 11.3 Å². The van der Waals surface area contributed by atoms with Gasteiger partial charge in [-0.15, -0.1) is 11.3 Å². The number of aromatic carboxylic acids is 1. The number of rotatable bonds is 6. The standard InChI is InChI=1S/C14H16N2O3S/c1-2-16(8-12(15)17)7-10-9-5-3-4-6-11(9)20-13(10)14(18)19/h3-6H,2,7-8H2,1H3,(H2,15,17)(H,18,19). The monoisotopic (exact) mass is 292 g/mol. The molecule has 0 saturated carbocycles. The SMILES string of the molecule is CCN(CC(N)=O)Cc1c(C(=O)O)sc2ccccc12. The molecule has 1 aromatic heterocycles. The summed E-state index contributed by atoms with van der Waals surface area (Å²) in [6, 6.07) is 7.58. The predicted octanol–water partition coefficient (Wildman–Crippen LogP) is 1.91. The second kappa shape index (κ2) is 6.02. The van der Waals surface area contributed by atoms with Crippen LogP contribution in [0, 0.1) is 0 Å². The molecule has 1 heterocycles. The Labute approximate surface area is 120 Å². The molecule has 20 heavy (non-hydrogen) atoms. The van der Waals surface area contributed by atoms with E-state index in [1.165, 1.54) is 11.3 Å². The molecule has 5 nitrogen and oxygen atoms in total. The molecule has 0 aliphatic carbocycles. The summed E-state index contributed by atoms with van der Waals surface area (Å²) in [5.41, 5.74) is 5.97. The number of amides is 1. The summed E-state index contributed by atoms with van der Waals surface area (Å²) in [6.45, 7) is 3.08. The highest BCUT2D eigenvalue weighted by Crippen LogP contribution is 2.32. The molecule has 0 fully saturated rings. The number of carbonyl (C=O) groups is 2. The maximum Gasteiger partial charge on any atom is 0.346 e. The van der Waals surface area contributed by atoms with E-state index < -0.39 is 11.9 Å². The third-order valence-corrected chi connectivity index (χ3v) is 4.30. The van der Waals surface area contributed by atoms with E-state index in [0.29, 0.717) is 18.0 Å². The third-order valence-electron chi connectivity index (χ3n) is 3.10. The van der Waals surface area contributed by atoms with Crippen LogP contribution in [-0.2, 0) is 11.3 Å². The van der Waals surface area contributed by atoms with Crippen molar-refractivity contribution in [1.29, 1.82) is 0 Å². The summed E-state index contributed by atoms with van der Waals surface area (Å²) in [7, 11) is 0. The number of thiophene rings is 1. The summed E-state index contributed by atoms with van der Waals surface area (Å²) in [5.74, 6) is -1.35. The van der Waals surface area contributed by atoms with Gasteiger partial charge in [-0.05, 0) is 23.6 Å². The third kappa shape index (κ3) is 2.97. The van der Waals surface area contributed by atoms with Gasteiger partial charge >= 0.3 is 5.97 Å². The van der Waals surface area contributed by atoms with E-state index in [4.69, 9.17) is 5.73 Å². The highest BCUT2D eigenvalue weighted by Gasteiger charge is 2.19. The van der Waals surface area contributed by atoms with Crippen molar-refractivity contribution in [2.24, 2.45) is 5.73 Å². The molecule has 3 N–H and O–H groups in total. The average molecular weight is 292 g/mol. The van der Waals surface area contributed by atoms with E-state index in [1.807, 2.05) is 36.1 Å². The molecule has 2 rings (SSSR count). The Morgan fingerprint density at radius 1 is 1.35 bits per heavy atom. The second-order valence-electron chi connectivity index (χ2n) is 4.48. The zero-order chi connectivity index (χ0) is 14.7. The number of primary amides is 1. The minimum atomic E-state index is -0.934. The molecule has 0 aliphatic rings. The first-order chi connectivity index (χ1) is 9.52. The summed E-state index contributed by atoms with van der Waals surface area (Å²) < 4.78 is 0.940. The smallest absolute Gasteiger partial charge is 0.346 e. The number of carboxylic acid groups (broad SMARTS) is 1. The van der Waals surface area contributed by atoms with Crippen LogP contribution in [0.25, 0.3) is 10.1 Å². The highest BCUT2D eigenvalue weighted by molar-refractivity contribution is 7.21. The van der Waals surface area contributed by atoms with Crippen molar-refractivity contribution in [2.45, 2.75) is 13.5 Å². The van der Waals surface area contributed by atoms with Gasteiger partial charge in [-0.25, -0.2) is 4.79 Å². The summed E-state index contributed by atoms with van der Waals surface area (Å²) in [5, 5.41) is 10.3. The van der Waals surface area contributed by atoms with Crippen LogP contribution < -0.4 is 5.73 Å². The summed E-state index contributed by atoms with van der Waals surface area (Å²) >= 11 is 1.26. The number of nitrogens with two attached hydrogens (primary N) is 1. The molecule has 0 radical (unpaired) electrons. The Kier molecular flexibility index (Phi) is 4.36. The highest BCUT2D eigenvalue weighted by atomic mass is 32.1. The lowest BCUT2D eigenvalue weighted by Crippen LogP contribution is -2.33. The van der Waals surface area contributed by atoms with Crippen molar-refractivity contribution < 1.29 is 14.7 Å². The van der Waals surface area contributed by atoms with Crippen molar-refractivity contribution in [1.82, 2.24) is 4.90 Å². The second-order valence-corrected chi connectivity index (χ2v) is 5.53. The van der Waals surface area contributed by atoms with E-state index in [1.54, 1.807) is 0 Å². The summed E-state index contributed by atoms with van der Waals surface area (Å²) in [6.07, 6.45) is 0. The van der Waals surface area contributed by atoms with Crippen LogP contribution in [0.15, 0.2) is 24.3 Å². The maximum atomic E-state index is 11.4. The number of carboxylic acids is 1. The first kappa shape index (κ1) is 14.5. The van der Waals surface area contributed by atoms with E-state index in [2.05, 4.69) is 0 Å². The molecular weight excluding hydrogens is 276 g/mol. The Balaban J connectivity index is 2.43. The molecule has 2 aromatic rings. The van der Waals surface area contributed by atoms with Crippen LogP contribution in [0.5, 0.6) is 0 Å². The lowest BCUT2D eigenvalue weighted by Gasteiger charge is -2.18. The quantitative estimate of drug-likeness (QED) is 0.852. The van der Waals surface area contributed by atoms with E-state index >= 15 is 0 Å². The van der Waals surface area contributed by atoms with Gasteiger partial charge in [-0.3, -0.25) is 9.69 Å². The fourth-order valence-corrected chi connectivity index (χ4v) is 3.20. The van der Waals surface area contributed by atoms with Gasteiger partial charge in [-0.2, -0.15) is 0 Å². The Bertz CT molecular complexity index is 651. The number of fused-ring (bicyclic) bond motifs is 1. The van der Waals surface area contributed by atoms with E-state index in [9.17, 15) is 14.7 Å². The molecule has 0 aliphatic heterocycles. The number of nitrogens with zero attached hydrogens (tertiary/aromatic N) is 1. The van der Waals surface area contributed by atoms with Crippen LogP contribution in [0.2, 0.25) is 0 Å². The van der Waals surface area contributed by atoms with Gasteiger partial charge in [0.05, 0.1) is 6.54 Å². The molecule has 0 saturated heterocycles. The minimum absolute atomic E-state index is 0.125. The number of likely N-dealkylation sites (N-methyl/N-ethyl adjacent to an activating group) is 1. The van der Waals surface area contributed by atoms with Crippen molar-refractivity contribution >= 4 is 33.3 Å². The van der Waals surface area contributed by atoms with Gasteiger partial charge < -0.3 is 10.8 Å². The number of carbonyl (C=O) groups excluding carboxylic acids is 1. The lowest BCUT2D eigenvalue weighted by atomic mass is 10.1. The van der Waals surface area contributed by atoms with Crippen molar-refractivity contribution in [3.05, 3.63) is 34.7 Å². The largest absolute Gasteiger partial charge is 0.477 e. The number of hydrogen-bond donors (Lipinski definition) is 2. The van der Waals surface area contributed by atoms with E-state index in [-0.39, 0.29) is 6.54 Å². The molecule has 0 atom stereocenters. The Hall–Kier alpha value is -1.92. The van der Waals surface area contributed by atoms with Crippen LogP contribution in [0.1, 0.15) is 22.2 Å². The number of benzene rings is 1. The Morgan fingerprint density at radius 3 is 2.65 bits per heavy atom. The lowest BCUT2D eigenvalue weighted by molar-refractivity contribution is -0.119.